The highest BCUT2D eigenvalue weighted by Crippen LogP contribution is 2.14. The molecule has 0 saturated carbocycles. The molecule has 0 saturated heterocycles. The molecule has 1 aromatic rings. The molecule has 0 amide bonds. The minimum Gasteiger partial charge on any atom is -0.489 e. The van der Waals surface area contributed by atoms with E-state index in [0.29, 0.717) is 6.61 Å². The fraction of sp³-hybridized carbons (Fsp3) is 0.200. The second kappa shape index (κ2) is 3.81. The maximum absolute atomic E-state index is 5.31. The molecule has 57 valence electrons. The smallest absolute Gasteiger partial charge is 0.130 e. The van der Waals surface area contributed by atoms with Gasteiger partial charge in [0, 0.05) is 6.07 Å². The lowest BCUT2D eigenvalue weighted by molar-refractivity contribution is 0.360. The number of hydrogen-bond donors (Lipinski definition) is 0. The van der Waals surface area contributed by atoms with Gasteiger partial charge in [-0.2, -0.15) is 0 Å². The first-order valence-corrected chi connectivity index (χ1v) is 3.55. The Morgan fingerprint density at radius 2 is 2.55 bits per heavy atom. The lowest BCUT2D eigenvalue weighted by atomic mass is 10.2. The Bertz CT molecular complexity index is 240. The van der Waals surface area contributed by atoms with Crippen LogP contribution in [-0.2, 0) is 0 Å². The highest BCUT2D eigenvalue weighted by Gasteiger charge is 1.94. The maximum Gasteiger partial charge on any atom is 0.130 e. The highest BCUT2D eigenvalue weighted by atomic mass is 16.5. The van der Waals surface area contributed by atoms with Gasteiger partial charge < -0.3 is 4.74 Å². The van der Waals surface area contributed by atoms with Crippen LogP contribution >= 0.6 is 0 Å². The maximum atomic E-state index is 5.31. The number of hydrogen-bond acceptors (Lipinski definition) is 1. The molecule has 0 aliphatic rings. The third-order valence-corrected chi connectivity index (χ3v) is 1.36. The van der Waals surface area contributed by atoms with Crippen LogP contribution in [0.4, 0.5) is 0 Å². The molecule has 0 unspecified atom stereocenters. The van der Waals surface area contributed by atoms with Gasteiger partial charge in [-0.05, 0) is 12.5 Å². The van der Waals surface area contributed by atoms with Crippen molar-refractivity contribution in [3.05, 3.63) is 42.5 Å². The highest BCUT2D eigenvalue weighted by molar-refractivity contribution is 5.30. The van der Waals surface area contributed by atoms with Gasteiger partial charge >= 0.3 is 0 Å². The Balaban J connectivity index is 2.69. The van der Waals surface area contributed by atoms with Gasteiger partial charge in [-0.3, -0.25) is 0 Å². The Kier molecular flexibility index (Phi) is 2.73. The van der Waals surface area contributed by atoms with Crippen LogP contribution in [0.1, 0.15) is 5.56 Å². The van der Waals surface area contributed by atoms with Gasteiger partial charge in [0.1, 0.15) is 12.4 Å². The third-order valence-electron chi connectivity index (χ3n) is 1.36. The van der Waals surface area contributed by atoms with Crippen molar-refractivity contribution in [1.29, 1.82) is 0 Å². The predicted octanol–water partition coefficient (Wildman–Crippen LogP) is 2.36. The van der Waals surface area contributed by atoms with Crippen molar-refractivity contribution in [3.8, 4) is 5.75 Å². The first-order chi connectivity index (χ1) is 5.34. The zero-order chi connectivity index (χ0) is 8.10. The van der Waals surface area contributed by atoms with Crippen LogP contribution in [0, 0.1) is 13.0 Å². The molecule has 1 heteroatoms. The van der Waals surface area contributed by atoms with Gasteiger partial charge in [-0.25, -0.2) is 0 Å². The topological polar surface area (TPSA) is 9.23 Å². The SMILES string of the molecule is C=CCOc1[c]cccc1C. The molecule has 1 radical (unpaired) electrons. The molecular formula is C10H11O. The molecule has 1 aromatic carbocycles. The summed E-state index contributed by atoms with van der Waals surface area (Å²) < 4.78 is 5.31. The van der Waals surface area contributed by atoms with Gasteiger partial charge in [-0.15, -0.1) is 0 Å². The number of rotatable bonds is 3. The van der Waals surface area contributed by atoms with E-state index in [1.807, 2.05) is 25.1 Å². The van der Waals surface area contributed by atoms with Gasteiger partial charge in [0.25, 0.3) is 0 Å². The zero-order valence-electron chi connectivity index (χ0n) is 6.63. The van der Waals surface area contributed by atoms with Crippen molar-refractivity contribution >= 4 is 0 Å². The largest absolute Gasteiger partial charge is 0.489 e. The molecule has 0 aliphatic carbocycles. The lowest BCUT2D eigenvalue weighted by Crippen LogP contribution is -1.94. The Labute approximate surface area is 67.3 Å². The summed E-state index contributed by atoms with van der Waals surface area (Å²) in [5.74, 6) is 0.812. The fourth-order valence-corrected chi connectivity index (χ4v) is 0.804. The van der Waals surface area contributed by atoms with E-state index < -0.39 is 0 Å². The monoisotopic (exact) mass is 147 g/mol. The standard InChI is InChI=1S/C10H11O/c1-3-8-11-10-7-5-4-6-9(10)2/h3-6H,1,8H2,2H3. The molecule has 1 rings (SSSR count). The molecule has 0 spiro atoms. The van der Waals surface area contributed by atoms with E-state index in [2.05, 4.69) is 12.6 Å². The second-order valence-electron chi connectivity index (χ2n) is 2.28. The molecule has 0 heterocycles. The minimum atomic E-state index is 0.543. The number of para-hydroxylation sites is 1. The number of ether oxygens (including phenoxy) is 1. The average molecular weight is 147 g/mol. The molecule has 0 fully saturated rings. The van der Waals surface area contributed by atoms with Crippen LogP contribution in [0.5, 0.6) is 5.75 Å². The summed E-state index contributed by atoms with van der Waals surface area (Å²) >= 11 is 0. The van der Waals surface area contributed by atoms with Crippen LogP contribution in [-0.4, -0.2) is 6.61 Å². The van der Waals surface area contributed by atoms with E-state index in [1.165, 1.54) is 0 Å². The van der Waals surface area contributed by atoms with E-state index in [-0.39, 0.29) is 0 Å². The number of aryl methyl sites for hydroxylation is 1. The summed E-state index contributed by atoms with van der Waals surface area (Å²) in [6.07, 6.45) is 1.72. The Morgan fingerprint density at radius 3 is 3.18 bits per heavy atom. The van der Waals surface area contributed by atoms with Crippen molar-refractivity contribution in [1.82, 2.24) is 0 Å². The third kappa shape index (κ3) is 2.11. The van der Waals surface area contributed by atoms with Crippen LogP contribution in [0.2, 0.25) is 0 Å². The molecule has 0 N–H and O–H groups in total. The number of benzene rings is 1. The van der Waals surface area contributed by atoms with Gasteiger partial charge in [0.15, 0.2) is 0 Å². The molecular weight excluding hydrogens is 136 g/mol. The second-order valence-corrected chi connectivity index (χ2v) is 2.28. The predicted molar refractivity (Wildman–Crippen MR) is 45.7 cm³/mol. The molecule has 11 heavy (non-hydrogen) atoms. The van der Waals surface area contributed by atoms with E-state index in [0.717, 1.165) is 11.3 Å². The minimum absolute atomic E-state index is 0.543. The summed E-state index contributed by atoms with van der Waals surface area (Å²) in [6.45, 7) is 6.10. The van der Waals surface area contributed by atoms with E-state index in [1.54, 1.807) is 6.08 Å². The van der Waals surface area contributed by atoms with Gasteiger partial charge in [0.05, 0.1) is 0 Å². The van der Waals surface area contributed by atoms with Gasteiger partial charge in [-0.1, -0.05) is 30.9 Å². The Morgan fingerprint density at radius 1 is 1.73 bits per heavy atom. The van der Waals surface area contributed by atoms with E-state index in [4.69, 9.17) is 4.74 Å². The first kappa shape index (κ1) is 7.86. The zero-order valence-corrected chi connectivity index (χ0v) is 6.63. The fourth-order valence-electron chi connectivity index (χ4n) is 0.804. The van der Waals surface area contributed by atoms with E-state index in [9.17, 15) is 0 Å². The normalized spacial score (nSPS) is 9.18. The summed E-state index contributed by atoms with van der Waals surface area (Å²) in [5, 5.41) is 0. The summed E-state index contributed by atoms with van der Waals surface area (Å²) in [7, 11) is 0. The molecule has 0 bridgehead atoms. The van der Waals surface area contributed by atoms with Crippen molar-refractivity contribution in [2.45, 2.75) is 6.92 Å². The first-order valence-electron chi connectivity index (χ1n) is 3.55. The van der Waals surface area contributed by atoms with Crippen LogP contribution in [0.25, 0.3) is 0 Å². The molecule has 0 aromatic heterocycles. The van der Waals surface area contributed by atoms with Crippen molar-refractivity contribution in [2.24, 2.45) is 0 Å². The van der Waals surface area contributed by atoms with Gasteiger partial charge in [0.2, 0.25) is 0 Å². The average Bonchev–Trinajstić information content (AvgIpc) is 2.03. The summed E-state index contributed by atoms with van der Waals surface area (Å²) in [5.41, 5.74) is 1.11. The summed E-state index contributed by atoms with van der Waals surface area (Å²) in [6, 6.07) is 8.78. The molecule has 0 aliphatic heterocycles. The van der Waals surface area contributed by atoms with Crippen molar-refractivity contribution in [3.63, 3.8) is 0 Å². The van der Waals surface area contributed by atoms with E-state index >= 15 is 0 Å². The lowest BCUT2D eigenvalue weighted by Gasteiger charge is -2.04. The van der Waals surface area contributed by atoms with Crippen LogP contribution in [0.3, 0.4) is 0 Å². The van der Waals surface area contributed by atoms with Crippen molar-refractivity contribution < 1.29 is 4.74 Å². The Hall–Kier alpha value is -1.24. The molecule has 0 atom stereocenters. The summed E-state index contributed by atoms with van der Waals surface area (Å²) in [4.78, 5) is 0. The van der Waals surface area contributed by atoms with Crippen LogP contribution in [0.15, 0.2) is 30.9 Å². The van der Waals surface area contributed by atoms with Crippen molar-refractivity contribution in [2.75, 3.05) is 6.61 Å². The quantitative estimate of drug-likeness (QED) is 0.596. The molecule has 1 nitrogen and oxygen atoms in total. The van der Waals surface area contributed by atoms with Crippen LogP contribution < -0.4 is 4.74 Å².